The number of aromatic nitrogens is 1. The monoisotopic (exact) mass is 283 g/mol. The van der Waals surface area contributed by atoms with Gasteiger partial charge >= 0.3 is 5.97 Å². The molecule has 0 saturated carbocycles. The average Bonchev–Trinajstić information content (AvgIpc) is 2.91. The van der Waals surface area contributed by atoms with Gasteiger partial charge in [-0.1, -0.05) is 6.92 Å². The van der Waals surface area contributed by atoms with Crippen LogP contribution in [0.25, 0.3) is 0 Å². The molecule has 6 heteroatoms. The third-order valence-electron chi connectivity index (χ3n) is 3.27. The lowest BCUT2D eigenvalue weighted by molar-refractivity contribution is 0.0519. The number of hydrogen-bond acceptors (Lipinski definition) is 6. The minimum atomic E-state index is -0.319. The summed E-state index contributed by atoms with van der Waals surface area (Å²) < 4.78 is 4.98. The van der Waals surface area contributed by atoms with Crippen LogP contribution in [0.4, 0.5) is 0 Å². The lowest BCUT2D eigenvalue weighted by Crippen LogP contribution is -2.45. The minimum absolute atomic E-state index is 0.315. The van der Waals surface area contributed by atoms with Crippen LogP contribution in [0.1, 0.15) is 41.8 Å². The zero-order valence-corrected chi connectivity index (χ0v) is 12.3. The third-order valence-corrected chi connectivity index (χ3v) is 4.22. The van der Waals surface area contributed by atoms with Gasteiger partial charge in [0.2, 0.25) is 0 Å². The van der Waals surface area contributed by atoms with Gasteiger partial charge in [-0.15, -0.1) is 11.3 Å². The number of thiazole rings is 1. The third kappa shape index (κ3) is 3.52. The Hall–Kier alpha value is -0.980. The Morgan fingerprint density at radius 2 is 2.26 bits per heavy atom. The molecule has 106 valence electrons. The largest absolute Gasteiger partial charge is 0.461 e. The molecule has 1 fully saturated rings. The molecule has 1 aliphatic heterocycles. The van der Waals surface area contributed by atoms with E-state index in [0.717, 1.165) is 37.6 Å². The predicted octanol–water partition coefficient (Wildman–Crippen LogP) is 1.68. The molecule has 5 nitrogen and oxygen atoms in total. The molecule has 1 aromatic heterocycles. The van der Waals surface area contributed by atoms with Crippen molar-refractivity contribution in [1.82, 2.24) is 15.2 Å². The van der Waals surface area contributed by atoms with Crippen LogP contribution in [0.5, 0.6) is 0 Å². The molecule has 2 heterocycles. The van der Waals surface area contributed by atoms with Gasteiger partial charge < -0.3 is 10.1 Å². The Morgan fingerprint density at radius 1 is 1.53 bits per heavy atom. The van der Waals surface area contributed by atoms with Crippen LogP contribution in [-0.2, 0) is 4.74 Å². The van der Waals surface area contributed by atoms with Gasteiger partial charge in [0.25, 0.3) is 0 Å². The van der Waals surface area contributed by atoms with Crippen molar-refractivity contribution in [1.29, 1.82) is 0 Å². The number of nitrogens with one attached hydrogen (secondary N) is 1. The van der Waals surface area contributed by atoms with Crippen molar-refractivity contribution in [2.75, 3.05) is 32.8 Å². The highest BCUT2D eigenvalue weighted by atomic mass is 32.1. The molecule has 1 saturated heterocycles. The van der Waals surface area contributed by atoms with Crippen molar-refractivity contribution in [2.24, 2.45) is 0 Å². The van der Waals surface area contributed by atoms with Crippen LogP contribution in [0, 0.1) is 0 Å². The fourth-order valence-electron chi connectivity index (χ4n) is 2.32. The highest BCUT2D eigenvalue weighted by Gasteiger charge is 2.24. The van der Waals surface area contributed by atoms with Gasteiger partial charge in [0.05, 0.1) is 12.6 Å². The Morgan fingerprint density at radius 3 is 2.89 bits per heavy atom. The van der Waals surface area contributed by atoms with E-state index in [9.17, 15) is 4.79 Å². The first-order valence-corrected chi connectivity index (χ1v) is 7.71. The first-order valence-electron chi connectivity index (χ1n) is 6.83. The molecule has 1 atom stereocenters. The summed E-state index contributed by atoms with van der Waals surface area (Å²) in [4.78, 5) is 18.5. The number of nitrogens with zero attached hydrogens (tertiary/aromatic N) is 2. The zero-order chi connectivity index (χ0) is 13.7. The predicted molar refractivity (Wildman–Crippen MR) is 75.5 cm³/mol. The molecule has 1 unspecified atom stereocenters. The second-order valence-corrected chi connectivity index (χ2v) is 5.39. The molecule has 0 spiro atoms. The van der Waals surface area contributed by atoms with Crippen molar-refractivity contribution in [3.05, 3.63) is 16.1 Å². The van der Waals surface area contributed by atoms with Gasteiger partial charge in [-0.05, 0) is 13.3 Å². The normalized spacial score (nSPS) is 18.2. The summed E-state index contributed by atoms with van der Waals surface area (Å²) in [6.45, 7) is 8.47. The zero-order valence-electron chi connectivity index (χ0n) is 11.5. The molecule has 0 radical (unpaired) electrons. The Bertz CT molecular complexity index is 416. The number of piperazine rings is 1. The van der Waals surface area contributed by atoms with E-state index >= 15 is 0 Å². The molecule has 19 heavy (non-hydrogen) atoms. The molecular formula is C13H21N3O2S. The van der Waals surface area contributed by atoms with E-state index in [1.54, 1.807) is 23.6 Å². The van der Waals surface area contributed by atoms with Crippen molar-refractivity contribution in [3.8, 4) is 0 Å². The summed E-state index contributed by atoms with van der Waals surface area (Å²) in [7, 11) is 0. The molecule has 0 aromatic carbocycles. The van der Waals surface area contributed by atoms with Crippen molar-refractivity contribution in [3.63, 3.8) is 0 Å². The summed E-state index contributed by atoms with van der Waals surface area (Å²) in [5.74, 6) is -0.319. The Labute approximate surface area is 118 Å². The molecule has 1 aromatic rings. The van der Waals surface area contributed by atoms with Gasteiger partial charge in [-0.3, -0.25) is 4.90 Å². The molecule has 2 rings (SSSR count). The van der Waals surface area contributed by atoms with E-state index in [2.05, 4.69) is 22.1 Å². The highest BCUT2D eigenvalue weighted by Crippen LogP contribution is 2.27. The molecule has 1 aliphatic rings. The Kier molecular flexibility index (Phi) is 5.30. The minimum Gasteiger partial charge on any atom is -0.461 e. The van der Waals surface area contributed by atoms with Gasteiger partial charge in [0.1, 0.15) is 5.01 Å². The van der Waals surface area contributed by atoms with Crippen LogP contribution in [-0.4, -0.2) is 48.6 Å². The van der Waals surface area contributed by atoms with Gasteiger partial charge in [-0.25, -0.2) is 9.78 Å². The first kappa shape index (κ1) is 14.4. The maximum absolute atomic E-state index is 11.6. The average molecular weight is 283 g/mol. The first-order chi connectivity index (χ1) is 9.26. The standard InChI is InChI=1S/C13H21N3O2S/c1-3-11(16-7-5-14-6-8-16)12-15-10(9-19-12)13(17)18-4-2/h9,11,14H,3-8H2,1-2H3. The van der Waals surface area contributed by atoms with Gasteiger partial charge in [0.15, 0.2) is 5.69 Å². The van der Waals surface area contributed by atoms with Crippen LogP contribution in [0.15, 0.2) is 5.38 Å². The van der Waals surface area contributed by atoms with E-state index in [0.29, 0.717) is 18.3 Å². The number of rotatable bonds is 5. The van der Waals surface area contributed by atoms with E-state index in [4.69, 9.17) is 4.74 Å². The van der Waals surface area contributed by atoms with E-state index < -0.39 is 0 Å². The Balaban J connectivity index is 2.08. The van der Waals surface area contributed by atoms with E-state index in [1.807, 2.05) is 0 Å². The lowest BCUT2D eigenvalue weighted by Gasteiger charge is -2.33. The second-order valence-electron chi connectivity index (χ2n) is 4.50. The maximum Gasteiger partial charge on any atom is 0.357 e. The lowest BCUT2D eigenvalue weighted by atomic mass is 10.2. The topological polar surface area (TPSA) is 54.5 Å². The number of hydrogen-bond donors (Lipinski definition) is 1. The number of carbonyl (C=O) groups excluding carboxylic acids is 1. The van der Waals surface area contributed by atoms with E-state index in [-0.39, 0.29) is 5.97 Å². The second kappa shape index (κ2) is 6.98. The van der Waals surface area contributed by atoms with Crippen LogP contribution < -0.4 is 5.32 Å². The summed E-state index contributed by atoms with van der Waals surface area (Å²) in [5.41, 5.74) is 0.440. The number of esters is 1. The number of ether oxygens (including phenoxy) is 1. The van der Waals surface area contributed by atoms with Crippen molar-refractivity contribution < 1.29 is 9.53 Å². The van der Waals surface area contributed by atoms with Gasteiger partial charge in [0, 0.05) is 31.6 Å². The van der Waals surface area contributed by atoms with Crippen molar-refractivity contribution >= 4 is 17.3 Å². The molecule has 0 bridgehead atoms. The van der Waals surface area contributed by atoms with Crippen LogP contribution >= 0.6 is 11.3 Å². The summed E-state index contributed by atoms with van der Waals surface area (Å²) in [6, 6.07) is 0.315. The summed E-state index contributed by atoms with van der Waals surface area (Å²) in [6.07, 6.45) is 1.01. The van der Waals surface area contributed by atoms with Crippen LogP contribution in [0.2, 0.25) is 0 Å². The quantitative estimate of drug-likeness (QED) is 0.833. The van der Waals surface area contributed by atoms with Crippen molar-refractivity contribution in [2.45, 2.75) is 26.3 Å². The maximum atomic E-state index is 11.6. The fraction of sp³-hybridized carbons (Fsp3) is 0.692. The smallest absolute Gasteiger partial charge is 0.357 e. The molecule has 0 amide bonds. The number of carbonyl (C=O) groups is 1. The molecule has 0 aliphatic carbocycles. The highest BCUT2D eigenvalue weighted by molar-refractivity contribution is 7.09. The molecule has 1 N–H and O–H groups in total. The van der Waals surface area contributed by atoms with Gasteiger partial charge in [-0.2, -0.15) is 0 Å². The van der Waals surface area contributed by atoms with Crippen LogP contribution in [0.3, 0.4) is 0 Å². The SMILES string of the molecule is CCOC(=O)c1csc(C(CC)N2CCNCC2)n1. The summed E-state index contributed by atoms with van der Waals surface area (Å²) in [5, 5.41) is 6.18. The molecular weight excluding hydrogens is 262 g/mol. The van der Waals surface area contributed by atoms with E-state index in [1.165, 1.54) is 0 Å². The summed E-state index contributed by atoms with van der Waals surface area (Å²) >= 11 is 1.56. The fourth-order valence-corrected chi connectivity index (χ4v) is 3.33.